The van der Waals surface area contributed by atoms with Crippen molar-refractivity contribution in [1.82, 2.24) is 15.0 Å². The van der Waals surface area contributed by atoms with Crippen LogP contribution in [0, 0.1) is 5.82 Å². The molecule has 1 heterocycles. The van der Waals surface area contributed by atoms with Crippen LogP contribution in [0.25, 0.3) is 11.3 Å². The zero-order valence-electron chi connectivity index (χ0n) is 11.3. The third kappa shape index (κ3) is 2.68. The van der Waals surface area contributed by atoms with Crippen LogP contribution in [0.1, 0.15) is 11.3 Å². The van der Waals surface area contributed by atoms with Gasteiger partial charge in [0.15, 0.2) is 0 Å². The Kier molecular flexibility index (Phi) is 3.75. The van der Waals surface area contributed by atoms with E-state index in [1.165, 1.54) is 6.07 Å². The number of aliphatic hydroxyl groups is 1. The van der Waals surface area contributed by atoms with Crippen molar-refractivity contribution in [3.63, 3.8) is 0 Å². The summed E-state index contributed by atoms with van der Waals surface area (Å²) in [5, 5.41) is 17.4. The molecule has 0 saturated heterocycles. The van der Waals surface area contributed by atoms with Crippen LogP contribution in [-0.2, 0) is 13.2 Å². The van der Waals surface area contributed by atoms with Crippen molar-refractivity contribution in [3.05, 3.63) is 71.7 Å². The van der Waals surface area contributed by atoms with Crippen LogP contribution >= 0.6 is 0 Å². The fraction of sp³-hybridized carbons (Fsp3) is 0.125. The van der Waals surface area contributed by atoms with Crippen LogP contribution in [0.15, 0.2) is 54.6 Å². The summed E-state index contributed by atoms with van der Waals surface area (Å²) >= 11 is 0. The highest BCUT2D eigenvalue weighted by Gasteiger charge is 2.17. The molecule has 0 bridgehead atoms. The van der Waals surface area contributed by atoms with Crippen molar-refractivity contribution in [2.75, 3.05) is 0 Å². The van der Waals surface area contributed by atoms with Crippen LogP contribution in [0.5, 0.6) is 0 Å². The summed E-state index contributed by atoms with van der Waals surface area (Å²) in [6, 6.07) is 16.1. The predicted octanol–water partition coefficient (Wildman–Crippen LogP) is 2.62. The number of benzene rings is 2. The Balaban J connectivity index is 2.07. The zero-order valence-corrected chi connectivity index (χ0v) is 11.3. The predicted molar refractivity (Wildman–Crippen MR) is 76.9 cm³/mol. The van der Waals surface area contributed by atoms with Crippen LogP contribution in [0.2, 0.25) is 0 Å². The van der Waals surface area contributed by atoms with Gasteiger partial charge in [0.05, 0.1) is 18.8 Å². The number of hydrogen-bond acceptors (Lipinski definition) is 3. The third-order valence-corrected chi connectivity index (χ3v) is 3.26. The van der Waals surface area contributed by atoms with Gasteiger partial charge in [0.1, 0.15) is 11.5 Å². The smallest absolute Gasteiger partial charge is 0.132 e. The van der Waals surface area contributed by atoms with E-state index >= 15 is 0 Å². The maximum Gasteiger partial charge on any atom is 0.132 e. The number of aromatic nitrogens is 3. The molecule has 0 aliphatic carbocycles. The maximum absolute atomic E-state index is 14.0. The monoisotopic (exact) mass is 283 g/mol. The van der Waals surface area contributed by atoms with E-state index in [0.29, 0.717) is 23.5 Å². The molecule has 0 atom stereocenters. The molecule has 1 aromatic heterocycles. The van der Waals surface area contributed by atoms with Crippen molar-refractivity contribution in [1.29, 1.82) is 0 Å². The standard InChI is InChI=1S/C16H14FN3O/c17-14-9-5-4-8-13(14)16-15(11-21)18-19-20(16)10-12-6-2-1-3-7-12/h1-9,21H,10-11H2. The third-order valence-electron chi connectivity index (χ3n) is 3.26. The Hall–Kier alpha value is -2.53. The number of rotatable bonds is 4. The molecule has 0 unspecified atom stereocenters. The largest absolute Gasteiger partial charge is 0.390 e. The molecule has 0 saturated carbocycles. The fourth-order valence-corrected chi connectivity index (χ4v) is 2.27. The molecule has 0 aliphatic rings. The lowest BCUT2D eigenvalue weighted by atomic mass is 10.1. The molecule has 21 heavy (non-hydrogen) atoms. The Morgan fingerprint density at radius 2 is 1.71 bits per heavy atom. The molecule has 4 nitrogen and oxygen atoms in total. The molecule has 0 spiro atoms. The van der Waals surface area contributed by atoms with Gasteiger partial charge in [-0.15, -0.1) is 5.10 Å². The van der Waals surface area contributed by atoms with E-state index in [1.54, 1.807) is 22.9 Å². The van der Waals surface area contributed by atoms with Crippen LogP contribution < -0.4 is 0 Å². The second kappa shape index (κ2) is 5.85. The highest BCUT2D eigenvalue weighted by molar-refractivity contribution is 5.62. The first kappa shape index (κ1) is 13.5. The van der Waals surface area contributed by atoms with Crippen LogP contribution in [0.4, 0.5) is 4.39 Å². The van der Waals surface area contributed by atoms with Crippen molar-refractivity contribution in [2.45, 2.75) is 13.2 Å². The van der Waals surface area contributed by atoms with E-state index < -0.39 is 0 Å². The average molecular weight is 283 g/mol. The number of aliphatic hydroxyl groups excluding tert-OH is 1. The lowest BCUT2D eigenvalue weighted by molar-refractivity contribution is 0.277. The van der Waals surface area contributed by atoms with Crippen molar-refractivity contribution >= 4 is 0 Å². The number of nitrogens with zero attached hydrogens (tertiary/aromatic N) is 3. The van der Waals surface area contributed by atoms with E-state index in [1.807, 2.05) is 30.3 Å². The van der Waals surface area contributed by atoms with Crippen LogP contribution in [-0.4, -0.2) is 20.1 Å². The van der Waals surface area contributed by atoms with Gasteiger partial charge in [-0.3, -0.25) is 0 Å². The molecule has 3 aromatic rings. The topological polar surface area (TPSA) is 50.9 Å². The summed E-state index contributed by atoms with van der Waals surface area (Å²) in [6.07, 6.45) is 0. The second-order valence-corrected chi connectivity index (χ2v) is 4.67. The SMILES string of the molecule is OCc1nnn(Cc2ccccc2)c1-c1ccccc1F. The van der Waals surface area contributed by atoms with Gasteiger partial charge < -0.3 is 5.11 Å². The summed E-state index contributed by atoms with van der Waals surface area (Å²) in [5.41, 5.74) is 2.31. The first-order valence-corrected chi connectivity index (χ1v) is 6.61. The van der Waals surface area contributed by atoms with Gasteiger partial charge >= 0.3 is 0 Å². The van der Waals surface area contributed by atoms with Gasteiger partial charge in [-0.1, -0.05) is 47.7 Å². The molecule has 0 fully saturated rings. The van der Waals surface area contributed by atoms with Gasteiger partial charge in [-0.05, 0) is 17.7 Å². The number of hydrogen-bond donors (Lipinski definition) is 1. The van der Waals surface area contributed by atoms with Crippen LogP contribution in [0.3, 0.4) is 0 Å². The molecule has 0 aliphatic heterocycles. The summed E-state index contributed by atoms with van der Waals surface area (Å²) in [6.45, 7) is 0.190. The molecule has 2 aromatic carbocycles. The lowest BCUT2D eigenvalue weighted by Crippen LogP contribution is -2.05. The van der Waals surface area contributed by atoms with Gasteiger partial charge in [-0.2, -0.15) is 0 Å². The minimum Gasteiger partial charge on any atom is -0.390 e. The van der Waals surface area contributed by atoms with E-state index in [-0.39, 0.29) is 12.4 Å². The minimum atomic E-state index is -0.358. The highest BCUT2D eigenvalue weighted by atomic mass is 19.1. The molecular formula is C16H14FN3O. The molecule has 1 N–H and O–H groups in total. The zero-order chi connectivity index (χ0) is 14.7. The average Bonchev–Trinajstić information content (AvgIpc) is 2.91. The fourth-order valence-electron chi connectivity index (χ4n) is 2.27. The molecule has 3 rings (SSSR count). The molecule has 106 valence electrons. The Morgan fingerprint density at radius 3 is 2.43 bits per heavy atom. The lowest BCUT2D eigenvalue weighted by Gasteiger charge is -2.08. The van der Waals surface area contributed by atoms with Crippen molar-refractivity contribution < 1.29 is 9.50 Å². The Bertz CT molecular complexity index is 740. The van der Waals surface area contributed by atoms with E-state index in [0.717, 1.165) is 5.56 Å². The second-order valence-electron chi connectivity index (χ2n) is 4.67. The van der Waals surface area contributed by atoms with Gasteiger partial charge in [0.2, 0.25) is 0 Å². The Labute approximate surface area is 121 Å². The maximum atomic E-state index is 14.0. The molecular weight excluding hydrogens is 269 g/mol. The summed E-state index contributed by atoms with van der Waals surface area (Å²) in [5.74, 6) is -0.358. The van der Waals surface area contributed by atoms with Gasteiger partial charge in [0.25, 0.3) is 0 Å². The van der Waals surface area contributed by atoms with Crippen molar-refractivity contribution in [3.8, 4) is 11.3 Å². The minimum absolute atomic E-state index is 0.279. The quantitative estimate of drug-likeness (QED) is 0.800. The van der Waals surface area contributed by atoms with E-state index in [2.05, 4.69) is 10.3 Å². The first-order valence-electron chi connectivity index (χ1n) is 6.61. The Morgan fingerprint density at radius 1 is 1.00 bits per heavy atom. The van der Waals surface area contributed by atoms with Crippen molar-refractivity contribution in [2.24, 2.45) is 0 Å². The normalized spacial score (nSPS) is 10.8. The molecule has 0 amide bonds. The summed E-state index contributed by atoms with van der Waals surface area (Å²) in [4.78, 5) is 0. The van der Waals surface area contributed by atoms with Gasteiger partial charge in [0, 0.05) is 5.56 Å². The van der Waals surface area contributed by atoms with E-state index in [4.69, 9.17) is 0 Å². The van der Waals surface area contributed by atoms with Gasteiger partial charge in [-0.25, -0.2) is 9.07 Å². The summed E-state index contributed by atoms with van der Waals surface area (Å²) < 4.78 is 15.6. The van der Waals surface area contributed by atoms with E-state index in [9.17, 15) is 9.50 Å². The molecule has 5 heteroatoms. The first-order chi connectivity index (χ1) is 10.3. The molecule has 0 radical (unpaired) electrons. The summed E-state index contributed by atoms with van der Waals surface area (Å²) in [7, 11) is 0. The highest BCUT2D eigenvalue weighted by Crippen LogP contribution is 2.25. The number of halogens is 1.